The first kappa shape index (κ1) is 17.8. The zero-order chi connectivity index (χ0) is 11.7. The maximum atomic E-state index is 11.0. The highest BCUT2D eigenvalue weighted by Gasteiger charge is 2.23. The van der Waals surface area contributed by atoms with Gasteiger partial charge in [-0.1, -0.05) is 19.9 Å². The monoisotopic (exact) mass is 249 g/mol. The standard InChI is InChI=1S/C12H24NO2.ClH/c1-5-9-10-13(7-3,8-4)11-15-12(14)6-2;/h6H,2,5,7-11H2,1,3-4H3;1H/q+1;/p-1. The van der Waals surface area contributed by atoms with Crippen molar-refractivity contribution in [2.24, 2.45) is 0 Å². The molecule has 0 aliphatic heterocycles. The molecule has 0 aliphatic carbocycles. The molecule has 0 aliphatic rings. The summed E-state index contributed by atoms with van der Waals surface area (Å²) in [6, 6.07) is 0. The van der Waals surface area contributed by atoms with Gasteiger partial charge in [-0.25, -0.2) is 4.79 Å². The van der Waals surface area contributed by atoms with Crippen LogP contribution in [-0.4, -0.2) is 36.8 Å². The normalized spacial score (nSPS) is 10.4. The predicted molar refractivity (Wildman–Crippen MR) is 62.3 cm³/mol. The molecule has 0 atom stereocenters. The lowest BCUT2D eigenvalue weighted by Crippen LogP contribution is -3.00. The first-order valence-corrected chi connectivity index (χ1v) is 5.78. The second-order valence-corrected chi connectivity index (χ2v) is 3.85. The maximum absolute atomic E-state index is 11.0. The Bertz CT molecular complexity index is 203. The molecule has 0 saturated carbocycles. The Kier molecular flexibility index (Phi) is 10.8. The van der Waals surface area contributed by atoms with Crippen LogP contribution in [0, 0.1) is 0 Å². The molecule has 0 N–H and O–H groups in total. The number of unbranched alkanes of at least 4 members (excludes halogenated alkanes) is 1. The van der Waals surface area contributed by atoms with E-state index in [0.29, 0.717) is 6.73 Å². The summed E-state index contributed by atoms with van der Waals surface area (Å²) >= 11 is 0. The van der Waals surface area contributed by atoms with Gasteiger partial charge in [-0.2, -0.15) is 0 Å². The van der Waals surface area contributed by atoms with E-state index in [0.717, 1.165) is 24.1 Å². The van der Waals surface area contributed by atoms with E-state index in [-0.39, 0.29) is 18.4 Å². The molecule has 0 aromatic carbocycles. The van der Waals surface area contributed by atoms with E-state index in [1.807, 2.05) is 0 Å². The Balaban J connectivity index is 0. The molecule has 0 unspecified atom stereocenters. The highest BCUT2D eigenvalue weighted by Crippen LogP contribution is 2.09. The van der Waals surface area contributed by atoms with Crippen molar-refractivity contribution in [1.29, 1.82) is 0 Å². The lowest BCUT2D eigenvalue weighted by atomic mass is 10.2. The lowest BCUT2D eigenvalue weighted by molar-refractivity contribution is -0.940. The van der Waals surface area contributed by atoms with Crippen molar-refractivity contribution in [1.82, 2.24) is 0 Å². The molecule has 0 saturated heterocycles. The van der Waals surface area contributed by atoms with Crippen LogP contribution < -0.4 is 12.4 Å². The number of carbonyl (C=O) groups excluding carboxylic acids is 1. The van der Waals surface area contributed by atoms with Gasteiger partial charge in [0.25, 0.3) is 0 Å². The van der Waals surface area contributed by atoms with Crippen LogP contribution >= 0.6 is 0 Å². The van der Waals surface area contributed by atoms with Gasteiger partial charge in [0.05, 0.1) is 19.6 Å². The summed E-state index contributed by atoms with van der Waals surface area (Å²) in [7, 11) is 0. The zero-order valence-electron chi connectivity index (χ0n) is 10.7. The molecule has 96 valence electrons. The fourth-order valence-corrected chi connectivity index (χ4v) is 1.54. The van der Waals surface area contributed by atoms with Crippen LogP contribution in [0.15, 0.2) is 12.7 Å². The van der Waals surface area contributed by atoms with E-state index in [9.17, 15) is 4.79 Å². The Morgan fingerprint density at radius 2 is 1.88 bits per heavy atom. The first-order valence-electron chi connectivity index (χ1n) is 5.78. The lowest BCUT2D eigenvalue weighted by Gasteiger charge is -2.35. The van der Waals surface area contributed by atoms with Crippen LogP contribution in [0.3, 0.4) is 0 Å². The molecule has 0 aromatic rings. The second-order valence-electron chi connectivity index (χ2n) is 3.85. The van der Waals surface area contributed by atoms with Crippen LogP contribution in [0.4, 0.5) is 0 Å². The Hall–Kier alpha value is -0.540. The molecule has 16 heavy (non-hydrogen) atoms. The predicted octanol–water partition coefficient (Wildman–Crippen LogP) is -0.666. The molecular weight excluding hydrogens is 226 g/mol. The number of nitrogens with zero attached hydrogens (tertiary/aromatic N) is 1. The summed E-state index contributed by atoms with van der Waals surface area (Å²) in [5, 5.41) is 0. The van der Waals surface area contributed by atoms with Crippen LogP contribution in [0.1, 0.15) is 33.6 Å². The van der Waals surface area contributed by atoms with Crippen molar-refractivity contribution in [3.05, 3.63) is 12.7 Å². The third-order valence-corrected chi connectivity index (χ3v) is 2.97. The SMILES string of the molecule is C=CC(=O)OC[N+](CC)(CC)CCCC.[Cl-]. The minimum absolute atomic E-state index is 0. The van der Waals surface area contributed by atoms with Crippen molar-refractivity contribution in [3.63, 3.8) is 0 Å². The summed E-state index contributed by atoms with van der Waals surface area (Å²) in [4.78, 5) is 11.0. The first-order chi connectivity index (χ1) is 7.14. The van der Waals surface area contributed by atoms with Crippen molar-refractivity contribution in [3.8, 4) is 0 Å². The highest BCUT2D eigenvalue weighted by atomic mass is 35.5. The van der Waals surface area contributed by atoms with Crippen LogP contribution in [0.25, 0.3) is 0 Å². The van der Waals surface area contributed by atoms with Crippen LogP contribution in [-0.2, 0) is 9.53 Å². The number of rotatable bonds is 8. The van der Waals surface area contributed by atoms with E-state index >= 15 is 0 Å². The number of quaternary nitrogens is 1. The van der Waals surface area contributed by atoms with Crippen molar-refractivity contribution in [2.45, 2.75) is 33.6 Å². The van der Waals surface area contributed by atoms with Gasteiger partial charge in [0.2, 0.25) is 6.73 Å². The topological polar surface area (TPSA) is 26.3 Å². The molecule has 0 aromatic heterocycles. The molecule has 0 heterocycles. The average Bonchev–Trinajstić information content (AvgIpc) is 2.30. The smallest absolute Gasteiger partial charge is 0.334 e. The van der Waals surface area contributed by atoms with Gasteiger partial charge in [-0.05, 0) is 20.3 Å². The molecule has 4 heteroatoms. The third-order valence-electron chi connectivity index (χ3n) is 2.97. The van der Waals surface area contributed by atoms with Gasteiger partial charge in [-0.3, -0.25) is 4.48 Å². The van der Waals surface area contributed by atoms with Gasteiger partial charge in [0, 0.05) is 6.08 Å². The highest BCUT2D eigenvalue weighted by molar-refractivity contribution is 5.81. The van der Waals surface area contributed by atoms with Crippen LogP contribution in [0.2, 0.25) is 0 Å². The fraction of sp³-hybridized carbons (Fsp3) is 0.750. The van der Waals surface area contributed by atoms with Gasteiger partial charge in [0.15, 0.2) is 0 Å². The van der Waals surface area contributed by atoms with Gasteiger partial charge < -0.3 is 17.1 Å². The Labute approximate surface area is 105 Å². The average molecular weight is 250 g/mol. The van der Waals surface area contributed by atoms with E-state index in [1.165, 1.54) is 18.9 Å². The molecule has 0 bridgehead atoms. The number of hydrogen-bond donors (Lipinski definition) is 0. The van der Waals surface area contributed by atoms with E-state index in [1.54, 1.807) is 0 Å². The van der Waals surface area contributed by atoms with E-state index in [2.05, 4.69) is 27.4 Å². The van der Waals surface area contributed by atoms with Crippen molar-refractivity contribution < 1.29 is 26.4 Å². The third kappa shape index (κ3) is 6.13. The van der Waals surface area contributed by atoms with Gasteiger partial charge in [-0.15, -0.1) is 0 Å². The fourth-order valence-electron chi connectivity index (χ4n) is 1.54. The summed E-state index contributed by atoms with van der Waals surface area (Å²) < 4.78 is 6.01. The van der Waals surface area contributed by atoms with Crippen molar-refractivity contribution >= 4 is 5.97 Å². The molecule has 0 rings (SSSR count). The quantitative estimate of drug-likeness (QED) is 0.247. The van der Waals surface area contributed by atoms with E-state index < -0.39 is 0 Å². The summed E-state index contributed by atoms with van der Waals surface area (Å²) in [6.07, 6.45) is 3.57. The molecule has 0 spiro atoms. The number of esters is 1. The van der Waals surface area contributed by atoms with Crippen LogP contribution in [0.5, 0.6) is 0 Å². The molecular formula is C12H24ClNO2. The maximum Gasteiger partial charge on any atom is 0.334 e. The number of hydrogen-bond acceptors (Lipinski definition) is 2. The second kappa shape index (κ2) is 9.67. The minimum Gasteiger partial charge on any atom is -1.00 e. The largest absolute Gasteiger partial charge is 1.00 e. The van der Waals surface area contributed by atoms with Gasteiger partial charge >= 0.3 is 5.97 Å². The Morgan fingerprint density at radius 1 is 1.31 bits per heavy atom. The Morgan fingerprint density at radius 3 is 2.25 bits per heavy atom. The summed E-state index contributed by atoms with van der Waals surface area (Å²) in [5.41, 5.74) is 0. The number of carbonyl (C=O) groups is 1. The number of halogens is 1. The summed E-state index contributed by atoms with van der Waals surface area (Å²) in [5.74, 6) is -0.323. The molecule has 3 nitrogen and oxygen atoms in total. The van der Waals surface area contributed by atoms with Gasteiger partial charge in [0.1, 0.15) is 0 Å². The number of ether oxygens (including phenoxy) is 1. The van der Waals surface area contributed by atoms with E-state index in [4.69, 9.17) is 4.74 Å². The molecule has 0 radical (unpaired) electrons. The molecule has 0 amide bonds. The minimum atomic E-state index is -0.323. The molecule has 0 fully saturated rings. The summed E-state index contributed by atoms with van der Waals surface area (Å²) in [6.45, 7) is 13.4. The van der Waals surface area contributed by atoms with Crippen molar-refractivity contribution in [2.75, 3.05) is 26.4 Å². The zero-order valence-corrected chi connectivity index (χ0v) is 11.4.